The first-order valence-corrected chi connectivity index (χ1v) is 7.16. The molecule has 0 saturated heterocycles. The van der Waals surface area contributed by atoms with Gasteiger partial charge in [0.25, 0.3) is 0 Å². The number of aromatic nitrogens is 2. The Morgan fingerprint density at radius 2 is 1.95 bits per heavy atom. The van der Waals surface area contributed by atoms with Gasteiger partial charge in [-0.2, -0.15) is 0 Å². The van der Waals surface area contributed by atoms with Crippen LogP contribution in [-0.2, 0) is 24.2 Å². The molecule has 0 aliphatic rings. The van der Waals surface area contributed by atoms with Gasteiger partial charge in [-0.15, -0.1) is 5.10 Å². The summed E-state index contributed by atoms with van der Waals surface area (Å²) in [5.74, 6) is 0.567. The molecule has 2 rings (SSSR count). The first-order chi connectivity index (χ1) is 10.3. The van der Waals surface area contributed by atoms with E-state index in [-0.39, 0.29) is 0 Å². The fourth-order valence-corrected chi connectivity index (χ4v) is 2.01. The summed E-state index contributed by atoms with van der Waals surface area (Å²) in [7, 11) is 1.67. The number of rotatable bonds is 9. The number of methoxy groups -OCH3 is 1. The molecular formula is C15H22N4O2. The summed E-state index contributed by atoms with van der Waals surface area (Å²) in [5.41, 5.74) is 2.57. The third kappa shape index (κ3) is 4.84. The van der Waals surface area contributed by atoms with E-state index >= 15 is 0 Å². The zero-order chi connectivity index (χ0) is 14.9. The van der Waals surface area contributed by atoms with Crippen LogP contribution in [0.3, 0.4) is 0 Å². The highest BCUT2D eigenvalue weighted by Gasteiger charge is 2.06. The number of nitrogens with zero attached hydrogens (tertiary/aromatic N) is 2. The van der Waals surface area contributed by atoms with E-state index in [1.165, 1.54) is 11.1 Å². The fraction of sp³-hybridized carbons (Fsp3) is 0.467. The van der Waals surface area contributed by atoms with Gasteiger partial charge in [-0.25, -0.2) is 0 Å². The summed E-state index contributed by atoms with van der Waals surface area (Å²) in [5, 5.41) is 14.3. The Morgan fingerprint density at radius 3 is 2.71 bits per heavy atom. The zero-order valence-corrected chi connectivity index (χ0v) is 12.6. The molecule has 21 heavy (non-hydrogen) atoms. The normalized spacial score (nSPS) is 10.8. The van der Waals surface area contributed by atoms with Crippen molar-refractivity contribution in [1.82, 2.24) is 15.5 Å². The molecule has 0 atom stereocenters. The molecule has 0 fully saturated rings. The number of ether oxygens (including phenoxy) is 1. The first kappa shape index (κ1) is 15.5. The van der Waals surface area contributed by atoms with E-state index in [4.69, 9.17) is 9.15 Å². The Labute approximate surface area is 124 Å². The molecule has 0 amide bonds. The smallest absolute Gasteiger partial charge is 0.315 e. The summed E-state index contributed by atoms with van der Waals surface area (Å²) in [4.78, 5) is 0. The average Bonchev–Trinajstić information content (AvgIpc) is 2.98. The van der Waals surface area contributed by atoms with Gasteiger partial charge in [0.2, 0.25) is 5.89 Å². The predicted molar refractivity (Wildman–Crippen MR) is 81.0 cm³/mol. The van der Waals surface area contributed by atoms with Crippen LogP contribution in [0.4, 0.5) is 6.01 Å². The van der Waals surface area contributed by atoms with Gasteiger partial charge in [-0.3, -0.25) is 0 Å². The van der Waals surface area contributed by atoms with E-state index in [9.17, 15) is 0 Å². The van der Waals surface area contributed by atoms with E-state index in [2.05, 4.69) is 46.0 Å². The van der Waals surface area contributed by atoms with Crippen molar-refractivity contribution in [3.63, 3.8) is 0 Å². The quantitative estimate of drug-likeness (QED) is 0.688. The lowest BCUT2D eigenvalue weighted by Crippen LogP contribution is -2.18. The van der Waals surface area contributed by atoms with E-state index in [0.29, 0.717) is 31.6 Å². The van der Waals surface area contributed by atoms with Gasteiger partial charge in [0.1, 0.15) is 0 Å². The van der Waals surface area contributed by atoms with Gasteiger partial charge >= 0.3 is 6.01 Å². The fourth-order valence-electron chi connectivity index (χ4n) is 2.01. The molecule has 2 aromatic rings. The van der Waals surface area contributed by atoms with Crippen molar-refractivity contribution in [2.45, 2.75) is 26.4 Å². The molecule has 6 heteroatoms. The van der Waals surface area contributed by atoms with Gasteiger partial charge in [-0.05, 0) is 17.5 Å². The second kappa shape index (κ2) is 8.39. The van der Waals surface area contributed by atoms with Crippen LogP contribution in [-0.4, -0.2) is 30.5 Å². The van der Waals surface area contributed by atoms with Crippen LogP contribution >= 0.6 is 0 Å². The second-order valence-electron chi connectivity index (χ2n) is 4.65. The number of anilines is 1. The molecular weight excluding hydrogens is 268 g/mol. The molecule has 0 saturated carbocycles. The van der Waals surface area contributed by atoms with Crippen LogP contribution < -0.4 is 10.6 Å². The average molecular weight is 290 g/mol. The second-order valence-corrected chi connectivity index (χ2v) is 4.65. The molecule has 1 heterocycles. The number of aryl methyl sites for hydroxylation is 1. The summed E-state index contributed by atoms with van der Waals surface area (Å²) >= 11 is 0. The maximum absolute atomic E-state index is 5.52. The molecule has 0 aliphatic carbocycles. The van der Waals surface area contributed by atoms with Gasteiger partial charge < -0.3 is 19.8 Å². The summed E-state index contributed by atoms with van der Waals surface area (Å²) in [6.45, 7) is 4.79. The molecule has 0 bridgehead atoms. The molecule has 0 spiro atoms. The third-order valence-electron chi connectivity index (χ3n) is 3.16. The Kier molecular flexibility index (Phi) is 6.18. The molecule has 2 N–H and O–H groups in total. The highest BCUT2D eigenvalue weighted by atomic mass is 16.5. The number of nitrogens with one attached hydrogen (secondary N) is 2. The van der Waals surface area contributed by atoms with Gasteiger partial charge in [0.05, 0.1) is 13.2 Å². The molecule has 0 aliphatic heterocycles. The topological polar surface area (TPSA) is 72.2 Å². The monoisotopic (exact) mass is 290 g/mol. The van der Waals surface area contributed by atoms with Crippen LogP contribution in [0.2, 0.25) is 0 Å². The SMILES string of the molecule is CCc1ccccc1CNc1nnc(CNCCOC)o1. The molecule has 1 aromatic carbocycles. The van der Waals surface area contributed by atoms with E-state index in [0.717, 1.165) is 13.0 Å². The minimum absolute atomic E-state index is 0.449. The van der Waals surface area contributed by atoms with Crippen LogP contribution in [0.5, 0.6) is 0 Å². The maximum Gasteiger partial charge on any atom is 0.315 e. The molecule has 6 nitrogen and oxygen atoms in total. The van der Waals surface area contributed by atoms with Crippen LogP contribution in [0.15, 0.2) is 28.7 Å². The van der Waals surface area contributed by atoms with Crippen LogP contribution in [0, 0.1) is 0 Å². The van der Waals surface area contributed by atoms with Crippen molar-refractivity contribution in [1.29, 1.82) is 0 Å². The first-order valence-electron chi connectivity index (χ1n) is 7.16. The van der Waals surface area contributed by atoms with Crippen LogP contribution in [0.1, 0.15) is 23.9 Å². The van der Waals surface area contributed by atoms with Crippen molar-refractivity contribution >= 4 is 6.01 Å². The Balaban J connectivity index is 1.82. The van der Waals surface area contributed by atoms with E-state index in [1.54, 1.807) is 7.11 Å². The third-order valence-corrected chi connectivity index (χ3v) is 3.16. The van der Waals surface area contributed by atoms with E-state index in [1.807, 2.05) is 6.07 Å². The minimum Gasteiger partial charge on any atom is -0.407 e. The molecule has 0 unspecified atom stereocenters. The lowest BCUT2D eigenvalue weighted by Gasteiger charge is -2.07. The van der Waals surface area contributed by atoms with Crippen molar-refractivity contribution in [2.75, 3.05) is 25.6 Å². The van der Waals surface area contributed by atoms with Gasteiger partial charge in [0.15, 0.2) is 0 Å². The number of hydrogen-bond donors (Lipinski definition) is 2. The Hall–Kier alpha value is -1.92. The van der Waals surface area contributed by atoms with Crippen LogP contribution in [0.25, 0.3) is 0 Å². The standard InChI is InChI=1S/C15H22N4O2/c1-3-12-6-4-5-7-13(12)10-17-15-19-18-14(21-15)11-16-8-9-20-2/h4-7,16H,3,8-11H2,1-2H3,(H,17,19). The molecule has 1 aromatic heterocycles. The van der Waals surface area contributed by atoms with Gasteiger partial charge in [-0.1, -0.05) is 36.3 Å². The largest absolute Gasteiger partial charge is 0.407 e. The van der Waals surface area contributed by atoms with Crippen molar-refractivity contribution in [3.8, 4) is 0 Å². The Bertz CT molecular complexity index is 542. The maximum atomic E-state index is 5.52. The van der Waals surface area contributed by atoms with Crippen molar-refractivity contribution < 1.29 is 9.15 Å². The summed E-state index contributed by atoms with van der Waals surface area (Å²) < 4.78 is 10.5. The summed E-state index contributed by atoms with van der Waals surface area (Å²) in [6.07, 6.45) is 1.01. The number of benzene rings is 1. The highest BCUT2D eigenvalue weighted by molar-refractivity contribution is 5.30. The lowest BCUT2D eigenvalue weighted by molar-refractivity contribution is 0.198. The van der Waals surface area contributed by atoms with Gasteiger partial charge in [0, 0.05) is 20.2 Å². The molecule has 0 radical (unpaired) electrons. The summed E-state index contributed by atoms with van der Waals surface area (Å²) in [6, 6.07) is 8.78. The predicted octanol–water partition coefficient (Wildman–Crippen LogP) is 1.98. The molecule has 114 valence electrons. The van der Waals surface area contributed by atoms with Crippen molar-refractivity contribution in [3.05, 3.63) is 41.3 Å². The number of hydrogen-bond acceptors (Lipinski definition) is 6. The zero-order valence-electron chi connectivity index (χ0n) is 12.6. The Morgan fingerprint density at radius 1 is 1.14 bits per heavy atom. The highest BCUT2D eigenvalue weighted by Crippen LogP contribution is 2.12. The van der Waals surface area contributed by atoms with E-state index < -0.39 is 0 Å². The lowest BCUT2D eigenvalue weighted by atomic mass is 10.1. The van der Waals surface area contributed by atoms with Crippen molar-refractivity contribution in [2.24, 2.45) is 0 Å². The minimum atomic E-state index is 0.449.